The first kappa shape index (κ1) is 13.6. The Hall–Kier alpha value is -1.84. The fraction of sp³-hybridized carbons (Fsp3) is 0.467. The molecule has 0 spiro atoms. The van der Waals surface area contributed by atoms with E-state index in [1.54, 1.807) is 0 Å². The van der Waals surface area contributed by atoms with E-state index in [0.29, 0.717) is 0 Å². The van der Waals surface area contributed by atoms with Crippen molar-refractivity contribution in [2.75, 3.05) is 5.32 Å². The summed E-state index contributed by atoms with van der Waals surface area (Å²) < 4.78 is 0. The highest BCUT2D eigenvalue weighted by atomic mass is 16.4. The van der Waals surface area contributed by atoms with Gasteiger partial charge in [0, 0.05) is 18.0 Å². The van der Waals surface area contributed by atoms with E-state index in [2.05, 4.69) is 5.32 Å². The molecular formula is C15H19NO3. The maximum atomic E-state index is 12.1. The van der Waals surface area contributed by atoms with Crippen molar-refractivity contribution < 1.29 is 14.7 Å². The second-order valence-electron chi connectivity index (χ2n) is 5.17. The number of para-hydroxylation sites is 1. The molecule has 1 aliphatic carbocycles. The summed E-state index contributed by atoms with van der Waals surface area (Å²) >= 11 is 0. The molecular weight excluding hydrogens is 242 g/mol. The van der Waals surface area contributed by atoms with Crippen molar-refractivity contribution in [3.8, 4) is 0 Å². The van der Waals surface area contributed by atoms with E-state index in [4.69, 9.17) is 5.11 Å². The summed E-state index contributed by atoms with van der Waals surface area (Å²) in [6, 6.07) is 9.42. The van der Waals surface area contributed by atoms with Crippen molar-refractivity contribution in [3.05, 3.63) is 30.3 Å². The van der Waals surface area contributed by atoms with Gasteiger partial charge in [-0.15, -0.1) is 0 Å². The van der Waals surface area contributed by atoms with Crippen LogP contribution in [0, 0.1) is 11.8 Å². The first-order valence-corrected chi connectivity index (χ1v) is 6.73. The maximum absolute atomic E-state index is 12.1. The Morgan fingerprint density at radius 1 is 1.11 bits per heavy atom. The fourth-order valence-corrected chi connectivity index (χ4v) is 2.64. The number of hydrogen-bond donors (Lipinski definition) is 2. The number of rotatable bonds is 4. The molecule has 2 rings (SSSR count). The highest BCUT2D eigenvalue weighted by Gasteiger charge is 2.27. The Kier molecular flexibility index (Phi) is 4.55. The van der Waals surface area contributed by atoms with Crippen molar-refractivity contribution in [1.29, 1.82) is 0 Å². The number of carboxylic acid groups (broad SMARTS) is 1. The van der Waals surface area contributed by atoms with Crippen molar-refractivity contribution >= 4 is 17.6 Å². The fourth-order valence-electron chi connectivity index (χ4n) is 2.64. The molecule has 0 aliphatic heterocycles. The topological polar surface area (TPSA) is 66.4 Å². The molecule has 102 valence electrons. The van der Waals surface area contributed by atoms with Gasteiger partial charge < -0.3 is 10.4 Å². The molecule has 0 bridgehead atoms. The summed E-state index contributed by atoms with van der Waals surface area (Å²) in [5.41, 5.74) is 0.820. The molecule has 1 aromatic carbocycles. The average Bonchev–Trinajstić information content (AvgIpc) is 2.40. The number of anilines is 1. The smallest absolute Gasteiger partial charge is 0.303 e. The quantitative estimate of drug-likeness (QED) is 0.875. The lowest BCUT2D eigenvalue weighted by Gasteiger charge is -2.26. The summed E-state index contributed by atoms with van der Waals surface area (Å²) in [7, 11) is 0. The number of amides is 1. The van der Waals surface area contributed by atoms with E-state index in [1.165, 1.54) is 0 Å². The second-order valence-corrected chi connectivity index (χ2v) is 5.17. The average molecular weight is 261 g/mol. The maximum Gasteiger partial charge on any atom is 0.303 e. The van der Waals surface area contributed by atoms with Gasteiger partial charge >= 0.3 is 5.97 Å². The Balaban J connectivity index is 1.81. The molecule has 0 radical (unpaired) electrons. The predicted molar refractivity (Wildman–Crippen MR) is 72.8 cm³/mol. The molecule has 0 heterocycles. The van der Waals surface area contributed by atoms with Crippen LogP contribution < -0.4 is 5.32 Å². The number of carbonyl (C=O) groups excluding carboxylic acids is 1. The summed E-state index contributed by atoms with van der Waals surface area (Å²) in [6.07, 6.45) is 3.47. The molecule has 1 fully saturated rings. The molecule has 4 nitrogen and oxygen atoms in total. The first-order chi connectivity index (χ1) is 9.15. The summed E-state index contributed by atoms with van der Waals surface area (Å²) in [4.78, 5) is 22.7. The van der Waals surface area contributed by atoms with Crippen LogP contribution in [-0.4, -0.2) is 17.0 Å². The zero-order valence-corrected chi connectivity index (χ0v) is 10.8. The Bertz CT molecular complexity index is 436. The zero-order valence-electron chi connectivity index (χ0n) is 10.8. The number of carboxylic acids is 1. The van der Waals surface area contributed by atoms with Crippen LogP contribution in [0.5, 0.6) is 0 Å². The summed E-state index contributed by atoms with van der Waals surface area (Å²) in [6.45, 7) is 0. The van der Waals surface area contributed by atoms with E-state index in [1.807, 2.05) is 30.3 Å². The van der Waals surface area contributed by atoms with Crippen molar-refractivity contribution in [2.45, 2.75) is 32.1 Å². The summed E-state index contributed by atoms with van der Waals surface area (Å²) in [5, 5.41) is 11.7. The number of carbonyl (C=O) groups is 2. The molecule has 1 saturated carbocycles. The van der Waals surface area contributed by atoms with E-state index in [9.17, 15) is 9.59 Å². The van der Waals surface area contributed by atoms with Gasteiger partial charge in [0.05, 0.1) is 0 Å². The second kappa shape index (κ2) is 6.36. The third-order valence-corrected chi connectivity index (χ3v) is 3.72. The normalized spacial score (nSPS) is 22.7. The van der Waals surface area contributed by atoms with Crippen molar-refractivity contribution in [1.82, 2.24) is 0 Å². The van der Waals surface area contributed by atoms with Gasteiger partial charge in [-0.25, -0.2) is 0 Å². The van der Waals surface area contributed by atoms with Gasteiger partial charge in [-0.05, 0) is 43.7 Å². The number of hydrogen-bond acceptors (Lipinski definition) is 2. The molecule has 0 aromatic heterocycles. The van der Waals surface area contributed by atoms with Gasteiger partial charge in [0.25, 0.3) is 0 Å². The van der Waals surface area contributed by atoms with Crippen LogP contribution in [0.15, 0.2) is 30.3 Å². The highest BCUT2D eigenvalue weighted by Crippen LogP contribution is 2.31. The third kappa shape index (κ3) is 4.09. The van der Waals surface area contributed by atoms with Gasteiger partial charge in [0.15, 0.2) is 0 Å². The Morgan fingerprint density at radius 2 is 1.74 bits per heavy atom. The van der Waals surface area contributed by atoms with Crippen LogP contribution in [0.1, 0.15) is 32.1 Å². The SMILES string of the molecule is O=C(O)CC1CCC(C(=O)Nc2ccccc2)CC1. The monoisotopic (exact) mass is 261 g/mol. The number of aliphatic carboxylic acids is 1. The van der Waals surface area contributed by atoms with E-state index in [0.717, 1.165) is 31.4 Å². The third-order valence-electron chi connectivity index (χ3n) is 3.72. The first-order valence-electron chi connectivity index (χ1n) is 6.73. The standard InChI is InChI=1S/C15H19NO3/c17-14(18)10-11-6-8-12(9-7-11)15(19)16-13-4-2-1-3-5-13/h1-5,11-12H,6-10H2,(H,16,19)(H,17,18). The van der Waals surface area contributed by atoms with Gasteiger partial charge in [0.1, 0.15) is 0 Å². The molecule has 1 aliphatic rings. The minimum atomic E-state index is -0.739. The Labute approximate surface area is 112 Å². The van der Waals surface area contributed by atoms with Gasteiger partial charge in [-0.2, -0.15) is 0 Å². The van der Waals surface area contributed by atoms with Crippen LogP contribution in [0.2, 0.25) is 0 Å². The van der Waals surface area contributed by atoms with E-state index < -0.39 is 5.97 Å². The molecule has 0 unspecified atom stereocenters. The highest BCUT2D eigenvalue weighted by molar-refractivity contribution is 5.92. The van der Waals surface area contributed by atoms with Crippen molar-refractivity contribution in [2.24, 2.45) is 11.8 Å². The molecule has 19 heavy (non-hydrogen) atoms. The molecule has 0 saturated heterocycles. The van der Waals surface area contributed by atoms with E-state index in [-0.39, 0.29) is 24.2 Å². The lowest BCUT2D eigenvalue weighted by atomic mass is 9.80. The predicted octanol–water partition coefficient (Wildman–Crippen LogP) is 2.91. The molecule has 4 heteroatoms. The van der Waals surface area contributed by atoms with Crippen molar-refractivity contribution in [3.63, 3.8) is 0 Å². The summed E-state index contributed by atoms with van der Waals surface area (Å²) in [5.74, 6) is -0.430. The van der Waals surface area contributed by atoms with Gasteiger partial charge in [0.2, 0.25) is 5.91 Å². The lowest BCUT2D eigenvalue weighted by Crippen LogP contribution is -2.27. The minimum absolute atomic E-state index is 0.0188. The Morgan fingerprint density at radius 3 is 2.32 bits per heavy atom. The minimum Gasteiger partial charge on any atom is -0.481 e. The van der Waals surface area contributed by atoms with Crippen LogP contribution in [0.25, 0.3) is 0 Å². The molecule has 1 aromatic rings. The van der Waals surface area contributed by atoms with Crippen LogP contribution >= 0.6 is 0 Å². The number of nitrogens with one attached hydrogen (secondary N) is 1. The number of benzene rings is 1. The molecule has 2 N–H and O–H groups in total. The van der Waals surface area contributed by atoms with Crippen LogP contribution in [0.3, 0.4) is 0 Å². The van der Waals surface area contributed by atoms with Crippen LogP contribution in [-0.2, 0) is 9.59 Å². The molecule has 1 amide bonds. The van der Waals surface area contributed by atoms with Gasteiger partial charge in [-0.1, -0.05) is 18.2 Å². The van der Waals surface area contributed by atoms with E-state index >= 15 is 0 Å². The molecule has 0 atom stereocenters. The largest absolute Gasteiger partial charge is 0.481 e. The zero-order chi connectivity index (χ0) is 13.7. The van der Waals surface area contributed by atoms with Crippen LogP contribution in [0.4, 0.5) is 5.69 Å². The lowest BCUT2D eigenvalue weighted by molar-refractivity contribution is -0.138. The van der Waals surface area contributed by atoms with Gasteiger partial charge in [-0.3, -0.25) is 9.59 Å².